The molecule has 0 atom stereocenters. The standard InChI is InChI=1S/C6H10N2O2S.ClH/c1-11(9,10)8-4-2-3-6(8)5-7;/h2-4H,5,7H2,1H3;1H. The maximum absolute atomic E-state index is 11.0. The summed E-state index contributed by atoms with van der Waals surface area (Å²) in [5.41, 5.74) is 5.91. The Morgan fingerprint density at radius 2 is 2.17 bits per heavy atom. The molecule has 6 heteroatoms. The van der Waals surface area contributed by atoms with Crippen molar-refractivity contribution in [1.82, 2.24) is 3.97 Å². The average Bonchev–Trinajstić information content (AvgIpc) is 2.31. The number of nitrogens with two attached hydrogens (primary N) is 1. The molecule has 12 heavy (non-hydrogen) atoms. The highest BCUT2D eigenvalue weighted by Crippen LogP contribution is 2.03. The number of aromatic nitrogens is 1. The minimum Gasteiger partial charge on any atom is -0.325 e. The van der Waals surface area contributed by atoms with Gasteiger partial charge >= 0.3 is 0 Å². The largest absolute Gasteiger partial charge is 0.325 e. The summed E-state index contributed by atoms with van der Waals surface area (Å²) in [5, 5.41) is 0. The molecule has 2 N–H and O–H groups in total. The fourth-order valence-corrected chi connectivity index (χ4v) is 1.74. The maximum atomic E-state index is 11.0. The van der Waals surface area contributed by atoms with E-state index >= 15 is 0 Å². The SMILES string of the molecule is CS(=O)(=O)n1cccc1CN.Cl. The molecule has 0 amide bonds. The quantitative estimate of drug-likeness (QED) is 0.757. The lowest BCUT2D eigenvalue weighted by atomic mass is 10.4. The molecule has 0 aliphatic rings. The van der Waals surface area contributed by atoms with Gasteiger partial charge in [-0.05, 0) is 12.1 Å². The number of halogens is 1. The number of hydrogen-bond donors (Lipinski definition) is 1. The van der Waals surface area contributed by atoms with Crippen molar-refractivity contribution in [2.24, 2.45) is 5.73 Å². The Morgan fingerprint density at radius 3 is 2.50 bits per heavy atom. The highest BCUT2D eigenvalue weighted by molar-refractivity contribution is 7.89. The molecule has 1 aromatic heterocycles. The van der Waals surface area contributed by atoms with Crippen LogP contribution in [0.3, 0.4) is 0 Å². The van der Waals surface area contributed by atoms with E-state index in [-0.39, 0.29) is 19.0 Å². The Labute approximate surface area is 77.8 Å². The van der Waals surface area contributed by atoms with Crippen LogP contribution in [0.1, 0.15) is 5.69 Å². The predicted octanol–water partition coefficient (Wildman–Crippen LogP) is 0.176. The van der Waals surface area contributed by atoms with E-state index in [1.54, 1.807) is 12.1 Å². The first-order chi connectivity index (χ1) is 5.05. The van der Waals surface area contributed by atoms with Gasteiger partial charge in [0.2, 0.25) is 10.0 Å². The van der Waals surface area contributed by atoms with Crippen molar-refractivity contribution in [3.63, 3.8) is 0 Å². The zero-order chi connectivity index (χ0) is 8.48. The maximum Gasteiger partial charge on any atom is 0.235 e. The second kappa shape index (κ2) is 3.93. The van der Waals surface area contributed by atoms with E-state index in [2.05, 4.69) is 0 Å². The Hall–Kier alpha value is -0.520. The van der Waals surface area contributed by atoms with Crippen molar-refractivity contribution >= 4 is 22.4 Å². The van der Waals surface area contributed by atoms with Crippen LogP contribution in [0.25, 0.3) is 0 Å². The first-order valence-electron chi connectivity index (χ1n) is 3.12. The van der Waals surface area contributed by atoms with Crippen LogP contribution in [0.15, 0.2) is 18.3 Å². The molecule has 0 bridgehead atoms. The minimum atomic E-state index is -3.17. The van der Waals surface area contributed by atoms with Gasteiger partial charge in [0, 0.05) is 18.4 Å². The monoisotopic (exact) mass is 210 g/mol. The summed E-state index contributed by atoms with van der Waals surface area (Å²) in [7, 11) is -3.17. The lowest BCUT2D eigenvalue weighted by Gasteiger charge is -2.02. The van der Waals surface area contributed by atoms with Gasteiger partial charge in [-0.1, -0.05) is 0 Å². The van der Waals surface area contributed by atoms with Gasteiger partial charge in [0.25, 0.3) is 0 Å². The third-order valence-electron chi connectivity index (χ3n) is 1.36. The van der Waals surface area contributed by atoms with E-state index in [1.807, 2.05) is 0 Å². The summed E-state index contributed by atoms with van der Waals surface area (Å²) >= 11 is 0. The van der Waals surface area contributed by atoms with E-state index in [9.17, 15) is 8.42 Å². The summed E-state index contributed by atoms with van der Waals surface area (Å²) in [5.74, 6) is 0. The van der Waals surface area contributed by atoms with Crippen LogP contribution < -0.4 is 5.73 Å². The number of nitrogens with zero attached hydrogens (tertiary/aromatic N) is 1. The Kier molecular flexibility index (Phi) is 3.76. The van der Waals surface area contributed by atoms with Crippen LogP contribution in [-0.2, 0) is 16.6 Å². The van der Waals surface area contributed by atoms with Gasteiger partial charge < -0.3 is 5.73 Å². The van der Waals surface area contributed by atoms with Crippen molar-refractivity contribution in [3.05, 3.63) is 24.0 Å². The van der Waals surface area contributed by atoms with E-state index in [0.717, 1.165) is 6.26 Å². The first kappa shape index (κ1) is 11.5. The predicted molar refractivity (Wildman–Crippen MR) is 49.8 cm³/mol. The fraction of sp³-hybridized carbons (Fsp3) is 0.333. The smallest absolute Gasteiger partial charge is 0.235 e. The molecule has 1 heterocycles. The second-order valence-electron chi connectivity index (χ2n) is 2.26. The summed E-state index contributed by atoms with van der Waals surface area (Å²) in [4.78, 5) is 0. The second-order valence-corrected chi connectivity index (χ2v) is 4.12. The van der Waals surface area contributed by atoms with Crippen LogP contribution in [0.2, 0.25) is 0 Å². The van der Waals surface area contributed by atoms with Crippen molar-refractivity contribution in [3.8, 4) is 0 Å². The van der Waals surface area contributed by atoms with Gasteiger partial charge in [-0.15, -0.1) is 12.4 Å². The lowest BCUT2D eigenvalue weighted by Crippen LogP contribution is -2.14. The van der Waals surface area contributed by atoms with Gasteiger partial charge in [0.15, 0.2) is 0 Å². The lowest BCUT2D eigenvalue weighted by molar-refractivity contribution is 0.591. The topological polar surface area (TPSA) is 65.1 Å². The molecule has 0 aliphatic carbocycles. The van der Waals surface area contributed by atoms with Gasteiger partial charge in [-0.3, -0.25) is 0 Å². The van der Waals surface area contributed by atoms with E-state index in [0.29, 0.717) is 5.69 Å². The summed E-state index contributed by atoms with van der Waals surface area (Å²) in [6.07, 6.45) is 2.63. The van der Waals surface area contributed by atoms with E-state index < -0.39 is 10.0 Å². The Balaban J connectivity index is 0.00000121. The highest BCUT2D eigenvalue weighted by atomic mass is 35.5. The molecular formula is C6H11ClN2O2S. The molecular weight excluding hydrogens is 200 g/mol. The zero-order valence-corrected chi connectivity index (χ0v) is 8.23. The molecule has 0 aromatic carbocycles. The molecule has 0 radical (unpaired) electrons. The van der Waals surface area contributed by atoms with Gasteiger partial charge in [-0.25, -0.2) is 12.4 Å². The molecule has 70 valence electrons. The summed E-state index contributed by atoms with van der Waals surface area (Å²) in [6, 6.07) is 3.34. The molecule has 0 saturated heterocycles. The molecule has 1 aromatic rings. The van der Waals surface area contributed by atoms with Gasteiger partial charge in [-0.2, -0.15) is 0 Å². The third-order valence-corrected chi connectivity index (χ3v) is 2.43. The van der Waals surface area contributed by atoms with Crippen molar-refractivity contribution in [1.29, 1.82) is 0 Å². The van der Waals surface area contributed by atoms with Crippen LogP contribution in [-0.4, -0.2) is 18.6 Å². The minimum absolute atomic E-state index is 0. The number of rotatable bonds is 2. The molecule has 4 nitrogen and oxygen atoms in total. The van der Waals surface area contributed by atoms with Crippen molar-refractivity contribution in [2.45, 2.75) is 6.54 Å². The fourth-order valence-electron chi connectivity index (χ4n) is 0.883. The number of hydrogen-bond acceptors (Lipinski definition) is 3. The van der Waals surface area contributed by atoms with Crippen LogP contribution in [0, 0.1) is 0 Å². The molecule has 0 saturated carbocycles. The van der Waals surface area contributed by atoms with Crippen LogP contribution in [0.4, 0.5) is 0 Å². The molecule has 0 unspecified atom stereocenters. The molecule has 1 rings (SSSR count). The van der Waals surface area contributed by atoms with Gasteiger partial charge in [0.1, 0.15) is 0 Å². The van der Waals surface area contributed by atoms with Gasteiger partial charge in [0.05, 0.1) is 6.26 Å². The Bertz CT molecular complexity index is 344. The molecule has 0 spiro atoms. The third kappa shape index (κ3) is 2.23. The average molecular weight is 211 g/mol. The van der Waals surface area contributed by atoms with E-state index in [4.69, 9.17) is 5.73 Å². The molecule has 0 fully saturated rings. The molecule has 0 aliphatic heterocycles. The highest BCUT2D eigenvalue weighted by Gasteiger charge is 2.07. The van der Waals surface area contributed by atoms with E-state index in [1.165, 1.54) is 10.2 Å². The normalized spacial score (nSPS) is 10.8. The Morgan fingerprint density at radius 1 is 1.58 bits per heavy atom. The van der Waals surface area contributed by atoms with Crippen molar-refractivity contribution < 1.29 is 8.42 Å². The summed E-state index contributed by atoms with van der Waals surface area (Å²) in [6.45, 7) is 0.236. The van der Waals surface area contributed by atoms with Crippen LogP contribution >= 0.6 is 12.4 Å². The van der Waals surface area contributed by atoms with Crippen LogP contribution in [0.5, 0.6) is 0 Å². The summed E-state index contributed by atoms with van der Waals surface area (Å²) < 4.78 is 23.1. The zero-order valence-electron chi connectivity index (χ0n) is 6.60. The van der Waals surface area contributed by atoms with Crippen molar-refractivity contribution in [2.75, 3.05) is 6.26 Å². The first-order valence-corrected chi connectivity index (χ1v) is 4.97.